The molecule has 3 rings (SSSR count). The monoisotopic (exact) mass is 427 g/mol. The van der Waals surface area contributed by atoms with Crippen LogP contribution >= 0.6 is 0 Å². The molecule has 0 unspecified atom stereocenters. The van der Waals surface area contributed by atoms with E-state index < -0.39 is 17.8 Å². The maximum Gasteiger partial charge on any atom is 0.327 e. The van der Waals surface area contributed by atoms with Crippen molar-refractivity contribution in [1.82, 2.24) is 30.0 Å². The summed E-state index contributed by atoms with van der Waals surface area (Å²) in [6.07, 6.45) is 2.97. The van der Waals surface area contributed by atoms with Crippen LogP contribution in [0, 0.1) is 0 Å². The first-order chi connectivity index (χ1) is 15.0. The molecule has 2 aromatic heterocycles. The molecule has 162 valence electrons. The van der Waals surface area contributed by atoms with Crippen LogP contribution in [0.5, 0.6) is 0 Å². The van der Waals surface area contributed by atoms with Crippen molar-refractivity contribution in [2.75, 3.05) is 18.5 Å². The zero-order chi connectivity index (χ0) is 22.2. The van der Waals surface area contributed by atoms with Crippen LogP contribution < -0.4 is 5.32 Å². The van der Waals surface area contributed by atoms with Crippen LogP contribution in [0.25, 0.3) is 11.3 Å². The van der Waals surface area contributed by atoms with E-state index in [-0.39, 0.29) is 25.4 Å². The second-order valence-electron chi connectivity index (χ2n) is 6.25. The lowest BCUT2D eigenvalue weighted by Gasteiger charge is -2.04. The van der Waals surface area contributed by atoms with E-state index in [2.05, 4.69) is 25.9 Å². The molecule has 2 heterocycles. The molecule has 0 aliphatic heterocycles. The second kappa shape index (κ2) is 10.1. The number of carbonyl (C=O) groups is 3. The SMILES string of the molecule is CCOC(=O)Cn1cc(C(=O)Nc2cccc(-c3cn(CC(=O)OCC)nn3)c2)nn1. The first-order valence-corrected chi connectivity index (χ1v) is 9.51. The maximum atomic E-state index is 12.4. The highest BCUT2D eigenvalue weighted by Gasteiger charge is 2.14. The quantitative estimate of drug-likeness (QED) is 0.493. The molecule has 0 fully saturated rings. The topological polar surface area (TPSA) is 143 Å². The third-order valence-electron chi connectivity index (χ3n) is 3.92. The summed E-state index contributed by atoms with van der Waals surface area (Å²) in [4.78, 5) is 35.5. The molecule has 0 atom stereocenters. The summed E-state index contributed by atoms with van der Waals surface area (Å²) in [5.74, 6) is -1.36. The van der Waals surface area contributed by atoms with Crippen LogP contribution in [-0.4, -0.2) is 61.0 Å². The highest BCUT2D eigenvalue weighted by Crippen LogP contribution is 2.20. The third kappa shape index (κ3) is 5.95. The summed E-state index contributed by atoms with van der Waals surface area (Å²) >= 11 is 0. The number of amides is 1. The highest BCUT2D eigenvalue weighted by molar-refractivity contribution is 6.02. The first-order valence-electron chi connectivity index (χ1n) is 9.51. The summed E-state index contributed by atoms with van der Waals surface area (Å²) in [6.45, 7) is 3.80. The molecule has 0 saturated carbocycles. The Hall–Kier alpha value is -4.09. The predicted octanol–water partition coefficient (Wildman–Crippen LogP) is 0.915. The molecule has 1 aromatic carbocycles. The van der Waals surface area contributed by atoms with Gasteiger partial charge in [-0.05, 0) is 26.0 Å². The average Bonchev–Trinajstić information content (AvgIpc) is 3.38. The second-order valence-corrected chi connectivity index (χ2v) is 6.25. The van der Waals surface area contributed by atoms with Gasteiger partial charge >= 0.3 is 11.9 Å². The number of rotatable bonds is 9. The van der Waals surface area contributed by atoms with E-state index >= 15 is 0 Å². The fourth-order valence-electron chi connectivity index (χ4n) is 2.62. The zero-order valence-corrected chi connectivity index (χ0v) is 17.0. The minimum atomic E-state index is -0.488. The number of anilines is 1. The fourth-order valence-corrected chi connectivity index (χ4v) is 2.62. The molecule has 3 aromatic rings. The standard InChI is InChI=1S/C19H21N7O5/c1-3-30-17(27)11-25-9-15(21-23-25)13-6-5-7-14(8-13)20-19(29)16-10-26(24-22-16)12-18(28)31-4-2/h5-10H,3-4,11-12H2,1-2H3,(H,20,29). The van der Waals surface area contributed by atoms with Crippen molar-refractivity contribution in [3.63, 3.8) is 0 Å². The van der Waals surface area contributed by atoms with Gasteiger partial charge < -0.3 is 14.8 Å². The Balaban J connectivity index is 1.65. The van der Waals surface area contributed by atoms with Crippen LogP contribution in [0.4, 0.5) is 5.69 Å². The number of nitrogens with zero attached hydrogens (tertiary/aromatic N) is 6. The van der Waals surface area contributed by atoms with Gasteiger partial charge in [-0.15, -0.1) is 10.2 Å². The molecule has 0 aliphatic rings. The first kappa shape index (κ1) is 21.6. The molecular weight excluding hydrogens is 406 g/mol. The van der Waals surface area contributed by atoms with Crippen LogP contribution in [0.2, 0.25) is 0 Å². The Bertz CT molecular complexity index is 1080. The number of aromatic nitrogens is 6. The van der Waals surface area contributed by atoms with Crippen LogP contribution in [-0.2, 0) is 32.2 Å². The summed E-state index contributed by atoms with van der Waals surface area (Å²) in [5.41, 5.74) is 1.78. The number of hydrogen-bond acceptors (Lipinski definition) is 9. The minimum Gasteiger partial charge on any atom is -0.465 e. The van der Waals surface area contributed by atoms with E-state index in [1.807, 2.05) is 0 Å². The van der Waals surface area contributed by atoms with E-state index in [0.717, 1.165) is 0 Å². The van der Waals surface area contributed by atoms with E-state index in [1.165, 1.54) is 15.6 Å². The Labute approximate surface area is 177 Å². The van der Waals surface area contributed by atoms with Crippen LogP contribution in [0.1, 0.15) is 24.3 Å². The predicted molar refractivity (Wildman–Crippen MR) is 107 cm³/mol. The van der Waals surface area contributed by atoms with E-state index in [4.69, 9.17) is 9.47 Å². The molecule has 31 heavy (non-hydrogen) atoms. The smallest absolute Gasteiger partial charge is 0.327 e. The van der Waals surface area contributed by atoms with Gasteiger partial charge in [0.2, 0.25) is 0 Å². The summed E-state index contributed by atoms with van der Waals surface area (Å²) in [7, 11) is 0. The zero-order valence-electron chi connectivity index (χ0n) is 17.0. The van der Waals surface area contributed by atoms with E-state index in [0.29, 0.717) is 23.6 Å². The van der Waals surface area contributed by atoms with Crippen molar-refractivity contribution in [2.45, 2.75) is 26.9 Å². The lowest BCUT2D eigenvalue weighted by atomic mass is 10.1. The molecule has 0 saturated heterocycles. The largest absolute Gasteiger partial charge is 0.465 e. The molecule has 0 aliphatic carbocycles. The Morgan fingerprint density at radius 1 is 0.935 bits per heavy atom. The number of nitrogens with one attached hydrogen (secondary N) is 1. The molecular formula is C19H21N7O5. The molecule has 1 amide bonds. The van der Waals surface area contributed by atoms with Gasteiger partial charge in [-0.2, -0.15) is 0 Å². The summed E-state index contributed by atoms with van der Waals surface area (Å²) in [5, 5.41) is 18.2. The van der Waals surface area contributed by atoms with Gasteiger partial charge in [0, 0.05) is 11.3 Å². The van der Waals surface area contributed by atoms with Gasteiger partial charge in [-0.1, -0.05) is 22.6 Å². The molecule has 0 spiro atoms. The summed E-state index contributed by atoms with van der Waals surface area (Å²) < 4.78 is 12.3. The Morgan fingerprint density at radius 2 is 1.58 bits per heavy atom. The third-order valence-corrected chi connectivity index (χ3v) is 3.92. The van der Waals surface area contributed by atoms with E-state index in [1.54, 1.807) is 44.3 Å². The summed E-state index contributed by atoms with van der Waals surface area (Å²) in [6, 6.07) is 6.95. The number of esters is 2. The van der Waals surface area contributed by atoms with Gasteiger partial charge in [0.05, 0.1) is 25.6 Å². The van der Waals surface area contributed by atoms with Crippen molar-refractivity contribution < 1.29 is 23.9 Å². The number of carbonyl (C=O) groups excluding carboxylic acids is 3. The Morgan fingerprint density at radius 3 is 2.26 bits per heavy atom. The van der Waals surface area contributed by atoms with Crippen molar-refractivity contribution in [3.05, 3.63) is 42.4 Å². The van der Waals surface area contributed by atoms with Gasteiger partial charge in [0.15, 0.2) is 5.69 Å². The normalized spacial score (nSPS) is 10.5. The van der Waals surface area contributed by atoms with Crippen molar-refractivity contribution in [3.8, 4) is 11.3 Å². The van der Waals surface area contributed by atoms with Gasteiger partial charge in [0.25, 0.3) is 5.91 Å². The van der Waals surface area contributed by atoms with E-state index in [9.17, 15) is 14.4 Å². The molecule has 1 N–H and O–H groups in total. The number of hydrogen-bond donors (Lipinski definition) is 1. The van der Waals surface area contributed by atoms with Gasteiger partial charge in [-0.25, -0.2) is 9.36 Å². The lowest BCUT2D eigenvalue weighted by molar-refractivity contribution is -0.145. The minimum absolute atomic E-state index is 0.0429. The number of benzene rings is 1. The Kier molecular flexibility index (Phi) is 7.04. The molecule has 12 nitrogen and oxygen atoms in total. The maximum absolute atomic E-state index is 12.4. The van der Waals surface area contributed by atoms with Crippen molar-refractivity contribution in [2.24, 2.45) is 0 Å². The average molecular weight is 427 g/mol. The molecule has 0 bridgehead atoms. The van der Waals surface area contributed by atoms with Crippen molar-refractivity contribution >= 4 is 23.5 Å². The lowest BCUT2D eigenvalue weighted by Crippen LogP contribution is -2.14. The number of ether oxygens (including phenoxy) is 2. The molecule has 0 radical (unpaired) electrons. The van der Waals surface area contributed by atoms with Crippen molar-refractivity contribution in [1.29, 1.82) is 0 Å². The van der Waals surface area contributed by atoms with Gasteiger partial charge in [-0.3, -0.25) is 14.4 Å². The van der Waals surface area contributed by atoms with Crippen LogP contribution in [0.3, 0.4) is 0 Å². The fraction of sp³-hybridized carbons (Fsp3) is 0.316. The van der Waals surface area contributed by atoms with Gasteiger partial charge in [0.1, 0.15) is 18.8 Å². The molecule has 12 heteroatoms. The van der Waals surface area contributed by atoms with Crippen LogP contribution in [0.15, 0.2) is 36.7 Å². The highest BCUT2D eigenvalue weighted by atomic mass is 16.5.